The van der Waals surface area contributed by atoms with Crippen LogP contribution in [0.25, 0.3) is 0 Å². The van der Waals surface area contributed by atoms with Gasteiger partial charge in [0.25, 0.3) is 5.91 Å². The molecule has 0 aliphatic carbocycles. The lowest BCUT2D eigenvalue weighted by atomic mass is 10.2. The predicted molar refractivity (Wildman–Crippen MR) is 91.6 cm³/mol. The van der Waals surface area contributed by atoms with Crippen molar-refractivity contribution in [3.8, 4) is 0 Å². The summed E-state index contributed by atoms with van der Waals surface area (Å²) in [7, 11) is 1.98. The number of hydrogen-bond donors (Lipinski definition) is 1. The van der Waals surface area contributed by atoms with Crippen LogP contribution in [0.5, 0.6) is 0 Å². The average Bonchev–Trinajstić information content (AvgIpc) is 3.19. The fraction of sp³-hybridized carbons (Fsp3) is 0.625. The normalized spacial score (nSPS) is 21.8. The van der Waals surface area contributed by atoms with Gasteiger partial charge in [-0.1, -0.05) is 0 Å². The Hall–Kier alpha value is -1.47. The number of nitrogens with one attached hydrogen (secondary N) is 1. The van der Waals surface area contributed by atoms with Crippen LogP contribution in [0.3, 0.4) is 0 Å². The number of aromatic nitrogens is 1. The Balaban J connectivity index is 1.61. The molecule has 0 saturated carbocycles. The van der Waals surface area contributed by atoms with Gasteiger partial charge in [0.1, 0.15) is 0 Å². The van der Waals surface area contributed by atoms with E-state index < -0.39 is 0 Å². The van der Waals surface area contributed by atoms with Gasteiger partial charge in [0.2, 0.25) is 5.91 Å². The number of amides is 2. The van der Waals surface area contributed by atoms with Crippen LogP contribution in [0.15, 0.2) is 6.07 Å². The van der Waals surface area contributed by atoms with E-state index in [0.29, 0.717) is 26.2 Å². The third-order valence-electron chi connectivity index (χ3n) is 4.90. The quantitative estimate of drug-likeness (QED) is 0.859. The summed E-state index contributed by atoms with van der Waals surface area (Å²) in [5, 5.41) is 3.22. The SMILES string of the molecule is Cc1cc(C(=O)N2CCN(C(=O)C3CSCN3)CC2)c(C)n1C. The zero-order chi connectivity index (χ0) is 16.6. The van der Waals surface area contributed by atoms with Gasteiger partial charge < -0.3 is 14.4 Å². The number of aryl methyl sites for hydroxylation is 1. The highest BCUT2D eigenvalue weighted by Crippen LogP contribution is 2.18. The van der Waals surface area contributed by atoms with E-state index in [1.54, 1.807) is 11.8 Å². The molecule has 2 amide bonds. The van der Waals surface area contributed by atoms with Crippen LogP contribution in [-0.4, -0.2) is 70.0 Å². The molecule has 2 fully saturated rings. The lowest BCUT2D eigenvalue weighted by molar-refractivity contribution is -0.134. The second-order valence-electron chi connectivity index (χ2n) is 6.23. The zero-order valence-electron chi connectivity index (χ0n) is 14.0. The number of carbonyl (C=O) groups excluding carboxylic acids is 2. The third-order valence-corrected chi connectivity index (χ3v) is 5.84. The summed E-state index contributed by atoms with van der Waals surface area (Å²) in [6.07, 6.45) is 0. The van der Waals surface area contributed by atoms with Gasteiger partial charge in [-0.15, -0.1) is 11.8 Å². The van der Waals surface area contributed by atoms with Gasteiger partial charge in [-0.05, 0) is 19.9 Å². The Labute approximate surface area is 141 Å². The molecule has 126 valence electrons. The van der Waals surface area contributed by atoms with E-state index in [1.807, 2.05) is 41.3 Å². The molecule has 2 saturated heterocycles. The van der Waals surface area contributed by atoms with Crippen molar-refractivity contribution in [3.63, 3.8) is 0 Å². The molecule has 1 aromatic heterocycles. The third kappa shape index (κ3) is 3.12. The fourth-order valence-electron chi connectivity index (χ4n) is 3.15. The Morgan fingerprint density at radius 1 is 1.17 bits per heavy atom. The van der Waals surface area contributed by atoms with Gasteiger partial charge >= 0.3 is 0 Å². The van der Waals surface area contributed by atoms with Crippen LogP contribution in [0.4, 0.5) is 0 Å². The average molecular weight is 336 g/mol. The van der Waals surface area contributed by atoms with Crippen molar-refractivity contribution < 1.29 is 9.59 Å². The molecule has 0 spiro atoms. The molecule has 6 nitrogen and oxygen atoms in total. The number of hydrogen-bond acceptors (Lipinski definition) is 4. The molecule has 3 rings (SSSR count). The molecule has 1 aromatic rings. The number of carbonyl (C=O) groups is 2. The highest BCUT2D eigenvalue weighted by atomic mass is 32.2. The van der Waals surface area contributed by atoms with Crippen LogP contribution >= 0.6 is 11.8 Å². The number of rotatable bonds is 2. The lowest BCUT2D eigenvalue weighted by Gasteiger charge is -2.35. The lowest BCUT2D eigenvalue weighted by Crippen LogP contribution is -2.54. The van der Waals surface area contributed by atoms with Crippen molar-refractivity contribution in [2.75, 3.05) is 37.8 Å². The first-order valence-electron chi connectivity index (χ1n) is 8.01. The Kier molecular flexibility index (Phi) is 4.68. The maximum absolute atomic E-state index is 12.7. The summed E-state index contributed by atoms with van der Waals surface area (Å²) >= 11 is 1.76. The maximum atomic E-state index is 12.7. The molecule has 23 heavy (non-hydrogen) atoms. The minimum atomic E-state index is -0.0544. The molecule has 2 aliphatic rings. The van der Waals surface area contributed by atoms with Crippen LogP contribution in [0, 0.1) is 13.8 Å². The molecule has 1 N–H and O–H groups in total. The second-order valence-corrected chi connectivity index (χ2v) is 7.26. The summed E-state index contributed by atoms with van der Waals surface area (Å²) in [6, 6.07) is 1.90. The summed E-state index contributed by atoms with van der Waals surface area (Å²) in [4.78, 5) is 28.9. The Morgan fingerprint density at radius 3 is 2.35 bits per heavy atom. The van der Waals surface area contributed by atoms with Gasteiger partial charge in [-0.3, -0.25) is 14.9 Å². The topological polar surface area (TPSA) is 57.6 Å². The van der Waals surface area contributed by atoms with Crippen LogP contribution in [-0.2, 0) is 11.8 Å². The van der Waals surface area contributed by atoms with Gasteiger partial charge in [0.15, 0.2) is 0 Å². The summed E-state index contributed by atoms with van der Waals surface area (Å²) in [5.41, 5.74) is 2.86. The van der Waals surface area contributed by atoms with E-state index in [-0.39, 0.29) is 17.9 Å². The first kappa shape index (κ1) is 16.4. The first-order valence-corrected chi connectivity index (χ1v) is 9.16. The van der Waals surface area contributed by atoms with Crippen LogP contribution < -0.4 is 5.32 Å². The van der Waals surface area contributed by atoms with Crippen molar-refractivity contribution in [2.24, 2.45) is 7.05 Å². The van der Waals surface area contributed by atoms with E-state index in [2.05, 4.69) is 5.32 Å². The Morgan fingerprint density at radius 2 is 1.83 bits per heavy atom. The van der Waals surface area contributed by atoms with Gasteiger partial charge in [0, 0.05) is 56.2 Å². The summed E-state index contributed by atoms with van der Waals surface area (Å²) < 4.78 is 2.04. The largest absolute Gasteiger partial charge is 0.351 e. The van der Waals surface area contributed by atoms with Crippen molar-refractivity contribution in [1.29, 1.82) is 0 Å². The number of thioether (sulfide) groups is 1. The molecule has 1 unspecified atom stereocenters. The van der Waals surface area contributed by atoms with Crippen LogP contribution in [0.1, 0.15) is 21.7 Å². The summed E-state index contributed by atoms with van der Waals surface area (Å²) in [5.74, 6) is 1.95. The Bertz CT molecular complexity index is 614. The van der Waals surface area contributed by atoms with Gasteiger partial charge in [0.05, 0.1) is 11.6 Å². The number of nitrogens with zero attached hydrogens (tertiary/aromatic N) is 3. The molecular formula is C16H24N4O2S. The predicted octanol–water partition coefficient (Wildman–Crippen LogP) is 0.589. The molecule has 0 bridgehead atoms. The van der Waals surface area contributed by atoms with E-state index in [1.165, 1.54) is 0 Å². The first-order chi connectivity index (χ1) is 11.0. The maximum Gasteiger partial charge on any atom is 0.255 e. The standard InChI is InChI=1S/C16H24N4O2S/c1-11-8-13(12(2)18(11)3)15(21)19-4-6-20(7-5-19)16(22)14-9-23-10-17-14/h8,14,17H,4-7,9-10H2,1-3H3. The molecular weight excluding hydrogens is 312 g/mol. The zero-order valence-corrected chi connectivity index (χ0v) is 14.8. The van der Waals surface area contributed by atoms with Gasteiger partial charge in [-0.2, -0.15) is 0 Å². The van der Waals surface area contributed by atoms with E-state index in [0.717, 1.165) is 28.6 Å². The molecule has 1 atom stereocenters. The van der Waals surface area contributed by atoms with Crippen molar-refractivity contribution in [1.82, 2.24) is 19.7 Å². The highest BCUT2D eigenvalue weighted by molar-refractivity contribution is 7.99. The minimum Gasteiger partial charge on any atom is -0.351 e. The molecule has 7 heteroatoms. The minimum absolute atomic E-state index is 0.0544. The van der Waals surface area contributed by atoms with Crippen LogP contribution in [0.2, 0.25) is 0 Å². The molecule has 3 heterocycles. The van der Waals surface area contributed by atoms with Crippen molar-refractivity contribution in [2.45, 2.75) is 19.9 Å². The molecule has 2 aliphatic heterocycles. The van der Waals surface area contributed by atoms with E-state index in [4.69, 9.17) is 0 Å². The van der Waals surface area contributed by atoms with Gasteiger partial charge in [-0.25, -0.2) is 0 Å². The van der Waals surface area contributed by atoms with Crippen molar-refractivity contribution in [3.05, 3.63) is 23.0 Å². The smallest absolute Gasteiger partial charge is 0.255 e. The fourth-order valence-corrected chi connectivity index (χ4v) is 4.08. The summed E-state index contributed by atoms with van der Waals surface area (Å²) in [6.45, 7) is 6.45. The van der Waals surface area contributed by atoms with E-state index in [9.17, 15) is 9.59 Å². The second kappa shape index (κ2) is 6.57. The molecule has 0 radical (unpaired) electrons. The molecule has 0 aromatic carbocycles. The monoisotopic (exact) mass is 336 g/mol. The number of piperazine rings is 1. The van der Waals surface area contributed by atoms with Crippen molar-refractivity contribution >= 4 is 23.6 Å². The van der Waals surface area contributed by atoms with E-state index >= 15 is 0 Å². The highest BCUT2D eigenvalue weighted by Gasteiger charge is 2.31.